The van der Waals surface area contributed by atoms with Crippen LogP contribution in [0.1, 0.15) is 117 Å². The second kappa shape index (κ2) is 19.9. The maximum atomic E-state index is 14.9. The Labute approximate surface area is 354 Å². The van der Waals surface area contributed by atoms with Gasteiger partial charge in [0.1, 0.15) is 35.2 Å². The van der Waals surface area contributed by atoms with Crippen LogP contribution < -0.4 is 9.47 Å². The highest BCUT2D eigenvalue weighted by molar-refractivity contribution is 6.03. The average Bonchev–Trinajstić information content (AvgIpc) is 3.25. The van der Waals surface area contributed by atoms with Gasteiger partial charge in [-0.15, -0.1) is 6.58 Å². The maximum absolute atomic E-state index is 14.9. The normalized spacial score (nSPS) is 23.6. The summed E-state index contributed by atoms with van der Waals surface area (Å²) >= 11 is 0. The van der Waals surface area contributed by atoms with Crippen molar-refractivity contribution >= 4 is 17.9 Å². The number of ether oxygens (including phenoxy) is 3. The first-order chi connectivity index (χ1) is 29.0. The molecule has 0 spiro atoms. The zero-order valence-corrected chi connectivity index (χ0v) is 35.3. The Morgan fingerprint density at radius 3 is 2.43 bits per heavy atom. The Bertz CT molecular complexity index is 2080. The van der Waals surface area contributed by atoms with Crippen molar-refractivity contribution in [3.8, 4) is 23.3 Å². The van der Waals surface area contributed by atoms with Gasteiger partial charge in [-0.25, -0.2) is 0 Å². The molecule has 60 heavy (non-hydrogen) atoms. The van der Waals surface area contributed by atoms with Gasteiger partial charge in [-0.1, -0.05) is 49.2 Å². The van der Waals surface area contributed by atoms with E-state index < -0.39 is 23.3 Å². The summed E-state index contributed by atoms with van der Waals surface area (Å²) in [5.41, 5.74) is 3.36. The van der Waals surface area contributed by atoms with Crippen LogP contribution in [0.2, 0.25) is 0 Å². The number of amides is 1. The van der Waals surface area contributed by atoms with Crippen LogP contribution in [0.3, 0.4) is 0 Å². The Morgan fingerprint density at radius 1 is 1.03 bits per heavy atom. The van der Waals surface area contributed by atoms with E-state index in [1.807, 2.05) is 56.9 Å². The van der Waals surface area contributed by atoms with Gasteiger partial charge in [0.25, 0.3) is 5.91 Å². The maximum Gasteiger partial charge on any atom is 0.254 e. The molecule has 1 aliphatic heterocycles. The molecule has 2 N–H and O–H groups in total. The fraction of sp³-hybridized carbons (Fsp3) is 0.469. The number of allylic oxidation sites excluding steroid dienone is 1. The highest BCUT2D eigenvalue weighted by Gasteiger charge is 2.65. The zero-order chi connectivity index (χ0) is 42.9. The number of benzene rings is 3. The summed E-state index contributed by atoms with van der Waals surface area (Å²) in [6.07, 6.45) is 10.2. The van der Waals surface area contributed by atoms with Crippen LogP contribution in [-0.2, 0) is 9.57 Å². The topological polar surface area (TPSA) is 151 Å². The third kappa shape index (κ3) is 9.68. The standard InChI is InChI=1S/C49H59N3O8/c1-6-23-52(47(56)35-19-17-33(31-50)18-20-35)44-30-42(51-60-48(3,4)5)40-28-36(14-8-10-24-53)39(16-9-11-25-54)45-41-29-38(58-37-15-12-13-34(27-37)32-55)21-22-43(41)59-49(44,46(40)45)57-26-7-2/h7,12-13,15,17-22,27-29,32,36,39,44-46,53-54H,2,6,8-11,14,16,23-26,30H2,1,3-5H3. The largest absolute Gasteiger partial charge is 0.459 e. The van der Waals surface area contributed by atoms with Crippen LogP contribution in [0.15, 0.2) is 96.2 Å². The van der Waals surface area contributed by atoms with Gasteiger partial charge < -0.3 is 34.2 Å². The van der Waals surface area contributed by atoms with Gasteiger partial charge >= 0.3 is 0 Å². The van der Waals surface area contributed by atoms with Crippen molar-refractivity contribution < 1.29 is 38.9 Å². The number of rotatable bonds is 19. The first-order valence-electron chi connectivity index (χ1n) is 21.3. The van der Waals surface area contributed by atoms with Crippen molar-refractivity contribution in [3.63, 3.8) is 0 Å². The van der Waals surface area contributed by atoms with Crippen molar-refractivity contribution in [3.05, 3.63) is 113 Å². The number of nitrogens with zero attached hydrogens (tertiary/aromatic N) is 3. The molecule has 6 atom stereocenters. The number of aldehydes is 1. The monoisotopic (exact) mass is 817 g/mol. The predicted molar refractivity (Wildman–Crippen MR) is 230 cm³/mol. The molecule has 318 valence electrons. The Hall–Kier alpha value is -5.28. The second-order valence-electron chi connectivity index (χ2n) is 17.0. The molecule has 0 saturated heterocycles. The molecule has 3 aromatic carbocycles. The molecule has 1 saturated carbocycles. The van der Waals surface area contributed by atoms with Gasteiger partial charge in [0.15, 0.2) is 0 Å². The number of oxime groups is 1. The molecular formula is C49H59N3O8. The number of fused-ring (bicyclic) bond motifs is 2. The summed E-state index contributed by atoms with van der Waals surface area (Å²) in [4.78, 5) is 34.6. The minimum atomic E-state index is -1.41. The third-order valence-corrected chi connectivity index (χ3v) is 11.7. The van der Waals surface area contributed by atoms with Crippen LogP contribution >= 0.6 is 0 Å². The lowest BCUT2D eigenvalue weighted by Crippen LogP contribution is -2.70. The summed E-state index contributed by atoms with van der Waals surface area (Å²) < 4.78 is 20.9. The van der Waals surface area contributed by atoms with Crippen LogP contribution in [0, 0.1) is 29.1 Å². The molecule has 1 amide bonds. The fourth-order valence-corrected chi connectivity index (χ4v) is 9.18. The van der Waals surface area contributed by atoms with E-state index in [9.17, 15) is 25.1 Å². The molecule has 0 bridgehead atoms. The molecule has 6 rings (SSSR count). The highest BCUT2D eigenvalue weighted by Crippen LogP contribution is 2.62. The van der Waals surface area contributed by atoms with E-state index in [-0.39, 0.29) is 49.9 Å². The lowest BCUT2D eigenvalue weighted by Gasteiger charge is -2.60. The quantitative estimate of drug-likeness (QED) is 0.0523. The lowest BCUT2D eigenvalue weighted by molar-refractivity contribution is -0.254. The zero-order valence-electron chi connectivity index (χ0n) is 35.3. The molecule has 6 unspecified atom stereocenters. The number of nitriles is 1. The van der Waals surface area contributed by atoms with Gasteiger partial charge in [0, 0.05) is 48.8 Å². The second-order valence-corrected chi connectivity index (χ2v) is 17.0. The van der Waals surface area contributed by atoms with E-state index in [2.05, 4.69) is 18.7 Å². The van der Waals surface area contributed by atoms with E-state index in [1.165, 1.54) is 0 Å². The fourth-order valence-electron chi connectivity index (χ4n) is 9.18. The molecule has 3 aromatic rings. The van der Waals surface area contributed by atoms with E-state index in [4.69, 9.17) is 24.2 Å². The van der Waals surface area contributed by atoms with Gasteiger partial charge in [-0.3, -0.25) is 9.59 Å². The molecule has 1 fully saturated rings. The number of aliphatic hydroxyl groups excluding tert-OH is 2. The van der Waals surface area contributed by atoms with Crippen molar-refractivity contribution in [2.45, 2.75) is 102 Å². The summed E-state index contributed by atoms with van der Waals surface area (Å²) in [7, 11) is 0. The molecule has 1 heterocycles. The van der Waals surface area contributed by atoms with E-state index in [1.54, 1.807) is 48.5 Å². The Morgan fingerprint density at radius 2 is 1.77 bits per heavy atom. The average molecular weight is 818 g/mol. The summed E-state index contributed by atoms with van der Waals surface area (Å²) in [5, 5.41) is 34.3. The Balaban J connectivity index is 1.61. The van der Waals surface area contributed by atoms with Crippen LogP contribution in [0.25, 0.3) is 0 Å². The predicted octanol–water partition coefficient (Wildman–Crippen LogP) is 9.15. The van der Waals surface area contributed by atoms with E-state index >= 15 is 0 Å². The highest BCUT2D eigenvalue weighted by atomic mass is 16.7. The first-order valence-corrected chi connectivity index (χ1v) is 21.3. The molecule has 11 heteroatoms. The SMILES string of the molecule is C=CCOC12Oc3ccc(Oc4cccc(C=O)c4)cc3C3C(CCCCO)C(CCCCO)C=C(C(=NOC(C)(C)C)CC1N(CCC)C(=O)c1ccc(C#N)cc1)C32. The van der Waals surface area contributed by atoms with Crippen molar-refractivity contribution in [2.24, 2.45) is 22.9 Å². The smallest absolute Gasteiger partial charge is 0.254 e. The number of aliphatic hydroxyl groups is 2. The van der Waals surface area contributed by atoms with E-state index in [0.29, 0.717) is 65.5 Å². The van der Waals surface area contributed by atoms with Gasteiger partial charge in [0.2, 0.25) is 5.79 Å². The molecule has 3 aliphatic rings. The first kappa shape index (κ1) is 44.3. The number of unbranched alkanes of at least 4 members (excludes halogenated alkanes) is 2. The number of carbonyl (C=O) groups is 2. The minimum absolute atomic E-state index is 0.0318. The number of hydrogen-bond donors (Lipinski definition) is 2. The van der Waals surface area contributed by atoms with E-state index in [0.717, 1.165) is 43.1 Å². The van der Waals surface area contributed by atoms with Crippen LogP contribution in [0.5, 0.6) is 17.2 Å². The minimum Gasteiger partial charge on any atom is -0.459 e. The molecular weight excluding hydrogens is 759 g/mol. The summed E-state index contributed by atoms with van der Waals surface area (Å²) in [6, 6.07) is 20.9. The van der Waals surface area contributed by atoms with Crippen molar-refractivity contribution in [1.82, 2.24) is 4.90 Å². The summed E-state index contributed by atoms with van der Waals surface area (Å²) in [5.74, 6) is -0.566. The number of carbonyl (C=O) groups excluding carboxylic acids is 2. The van der Waals surface area contributed by atoms with Gasteiger partial charge in [-0.2, -0.15) is 5.26 Å². The molecule has 0 aromatic heterocycles. The van der Waals surface area contributed by atoms with Gasteiger partial charge in [-0.05, 0) is 125 Å². The van der Waals surface area contributed by atoms with Crippen LogP contribution in [-0.4, -0.2) is 76.8 Å². The molecule has 11 nitrogen and oxygen atoms in total. The van der Waals surface area contributed by atoms with Gasteiger partial charge in [0.05, 0.1) is 29.9 Å². The Kier molecular flexibility index (Phi) is 14.7. The third-order valence-electron chi connectivity index (χ3n) is 11.7. The molecule has 2 aliphatic carbocycles. The summed E-state index contributed by atoms with van der Waals surface area (Å²) in [6.45, 7) is 12.6. The molecule has 0 radical (unpaired) electrons. The lowest BCUT2D eigenvalue weighted by atomic mass is 9.55. The van der Waals surface area contributed by atoms with Crippen molar-refractivity contribution in [2.75, 3.05) is 26.4 Å². The number of hydrogen-bond acceptors (Lipinski definition) is 10. The van der Waals surface area contributed by atoms with Crippen molar-refractivity contribution in [1.29, 1.82) is 5.26 Å². The van der Waals surface area contributed by atoms with Crippen LogP contribution in [0.4, 0.5) is 0 Å².